The molecule has 3 N–H and O–H groups in total. The van der Waals surface area contributed by atoms with Gasteiger partial charge in [-0.1, -0.05) is 6.42 Å². The first kappa shape index (κ1) is 38.8. The molecule has 0 spiro atoms. The Kier molecular flexibility index (Phi) is 13.8. The van der Waals surface area contributed by atoms with E-state index in [4.69, 9.17) is 29.7 Å². The molecule has 2 saturated heterocycles. The van der Waals surface area contributed by atoms with Crippen molar-refractivity contribution in [2.45, 2.75) is 56.7 Å². The van der Waals surface area contributed by atoms with Gasteiger partial charge in [-0.2, -0.15) is 39.5 Å². The molecule has 1 unspecified atom stereocenters. The Hall–Kier alpha value is -3.42. The second-order valence-corrected chi connectivity index (χ2v) is 11.1. The Bertz CT molecular complexity index is 1070. The summed E-state index contributed by atoms with van der Waals surface area (Å²) in [5.41, 5.74) is 0. The van der Waals surface area contributed by atoms with Gasteiger partial charge in [0.25, 0.3) is 0 Å². The van der Waals surface area contributed by atoms with E-state index in [9.17, 15) is 39.5 Å². The van der Waals surface area contributed by atoms with Crippen LogP contribution in [-0.2, 0) is 14.4 Å². The number of halogens is 9. The average Bonchev–Trinajstić information content (AvgIpc) is 3.68. The Morgan fingerprint density at radius 3 is 1.59 bits per heavy atom. The van der Waals surface area contributed by atoms with Gasteiger partial charge in [0, 0.05) is 64.2 Å². The molecule has 0 radical (unpaired) electrons. The molecule has 2 aliphatic carbocycles. The second-order valence-electron chi connectivity index (χ2n) is 11.1. The summed E-state index contributed by atoms with van der Waals surface area (Å²) < 4.78 is 95.2. The predicted molar refractivity (Wildman–Crippen MR) is 141 cm³/mol. The lowest BCUT2D eigenvalue weighted by molar-refractivity contribution is -0.193. The maximum Gasteiger partial charge on any atom is 0.490 e. The largest absolute Gasteiger partial charge is 0.490 e. The van der Waals surface area contributed by atoms with E-state index in [0.29, 0.717) is 0 Å². The molecule has 3 heterocycles. The van der Waals surface area contributed by atoms with Crippen LogP contribution in [0.2, 0.25) is 0 Å². The van der Waals surface area contributed by atoms with Gasteiger partial charge in [0.15, 0.2) is 0 Å². The summed E-state index contributed by atoms with van der Waals surface area (Å²) in [6, 6.07) is 2.72. The summed E-state index contributed by atoms with van der Waals surface area (Å²) in [5.74, 6) is -4.44. The Balaban J connectivity index is 0.000000289. The molecule has 11 nitrogen and oxygen atoms in total. The van der Waals surface area contributed by atoms with Crippen LogP contribution in [0.15, 0.2) is 18.5 Å². The minimum Gasteiger partial charge on any atom is -0.475 e. The van der Waals surface area contributed by atoms with Gasteiger partial charge in [-0.3, -0.25) is 4.90 Å². The van der Waals surface area contributed by atoms with E-state index >= 15 is 0 Å². The first-order valence-corrected chi connectivity index (χ1v) is 14.1. The number of nitrogens with zero attached hydrogens (tertiary/aromatic N) is 5. The fraction of sp³-hybridized carbons (Fsp3) is 0.731. The fourth-order valence-electron chi connectivity index (χ4n) is 5.51. The Labute approximate surface area is 257 Å². The molecule has 20 heteroatoms. The van der Waals surface area contributed by atoms with Crippen LogP contribution in [-0.4, -0.2) is 123 Å². The van der Waals surface area contributed by atoms with Gasteiger partial charge in [-0.25, -0.2) is 24.4 Å². The highest BCUT2D eigenvalue weighted by molar-refractivity contribution is 5.73. The molecular formula is C26H34F9N5O6. The molecule has 5 rings (SSSR count). The van der Waals surface area contributed by atoms with Crippen molar-refractivity contribution in [2.75, 3.05) is 50.7 Å². The van der Waals surface area contributed by atoms with Gasteiger partial charge in [0.1, 0.15) is 0 Å². The van der Waals surface area contributed by atoms with Crippen molar-refractivity contribution in [1.29, 1.82) is 0 Å². The Morgan fingerprint density at radius 2 is 1.17 bits per heavy atom. The average molecular weight is 684 g/mol. The van der Waals surface area contributed by atoms with E-state index in [2.05, 4.69) is 24.7 Å². The number of hydrogen-bond acceptors (Lipinski definition) is 8. The standard InChI is InChI=1S/C20H31N5.3C2HF3O2/c1-3-17-14-23(13-16-5-6-16)15-18(17)19(4-1)24-9-11-25(12-10-24)20-21-7-2-8-22-20;3*3-2(4,5)1(6)7/h2,7-8,16-19H,1,3-6,9-15H2;3*(H,6,7)/t17-,18+,19?;;;/m1.../s1. The number of aliphatic carboxylic acids is 3. The number of carboxylic acid groups (broad SMARTS) is 3. The zero-order valence-electron chi connectivity index (χ0n) is 24.2. The van der Waals surface area contributed by atoms with Crippen LogP contribution in [0.4, 0.5) is 45.5 Å². The van der Waals surface area contributed by atoms with Gasteiger partial charge in [0.05, 0.1) is 0 Å². The van der Waals surface area contributed by atoms with Crippen LogP contribution < -0.4 is 4.90 Å². The van der Waals surface area contributed by atoms with Crippen LogP contribution in [0.3, 0.4) is 0 Å². The zero-order valence-corrected chi connectivity index (χ0v) is 24.2. The number of alkyl halides is 9. The molecule has 1 aromatic heterocycles. The van der Waals surface area contributed by atoms with Crippen molar-refractivity contribution < 1.29 is 69.2 Å². The molecule has 4 aliphatic rings. The maximum atomic E-state index is 10.6. The summed E-state index contributed by atoms with van der Waals surface area (Å²) in [6.45, 7) is 8.64. The summed E-state index contributed by atoms with van der Waals surface area (Å²) in [7, 11) is 0. The van der Waals surface area contributed by atoms with Crippen LogP contribution in [0.1, 0.15) is 32.1 Å². The first-order valence-electron chi connectivity index (χ1n) is 14.1. The van der Waals surface area contributed by atoms with Crippen LogP contribution >= 0.6 is 0 Å². The lowest BCUT2D eigenvalue weighted by Crippen LogP contribution is -2.54. The van der Waals surface area contributed by atoms with Gasteiger partial charge in [-0.15, -0.1) is 0 Å². The van der Waals surface area contributed by atoms with Gasteiger partial charge in [-0.05, 0) is 49.5 Å². The van der Waals surface area contributed by atoms with E-state index in [0.717, 1.165) is 42.8 Å². The monoisotopic (exact) mass is 683 g/mol. The third kappa shape index (κ3) is 13.1. The van der Waals surface area contributed by atoms with Gasteiger partial charge >= 0.3 is 36.4 Å². The minimum absolute atomic E-state index is 0.821. The number of carbonyl (C=O) groups is 3. The highest BCUT2D eigenvalue weighted by atomic mass is 19.4. The number of piperazine rings is 1. The molecule has 0 amide bonds. The third-order valence-electron chi connectivity index (χ3n) is 7.70. The maximum absolute atomic E-state index is 10.6. The molecule has 0 aromatic carbocycles. The zero-order chi connectivity index (χ0) is 34.9. The molecule has 3 atom stereocenters. The number of likely N-dealkylation sites (tertiary alicyclic amines) is 1. The number of carboxylic acids is 3. The van der Waals surface area contributed by atoms with Crippen LogP contribution in [0.5, 0.6) is 0 Å². The summed E-state index contributed by atoms with van der Waals surface area (Å²) in [5, 5.41) is 21.4. The van der Waals surface area contributed by atoms with E-state index in [1.54, 1.807) is 0 Å². The molecule has 262 valence electrons. The van der Waals surface area contributed by atoms with Crippen molar-refractivity contribution in [3.8, 4) is 0 Å². The summed E-state index contributed by atoms with van der Waals surface area (Å²) in [6.07, 6.45) is -4.25. The SMILES string of the molecule is O=C(O)C(F)(F)F.O=C(O)C(F)(F)F.O=C(O)C(F)(F)F.c1cnc(N2CCN(C3CCC[C@@H]4CN(CC5CC5)C[C@H]34)CC2)nc1. The van der Waals surface area contributed by atoms with Gasteiger partial charge in [0.2, 0.25) is 5.95 Å². The van der Waals surface area contributed by atoms with E-state index < -0.39 is 36.4 Å². The third-order valence-corrected chi connectivity index (χ3v) is 7.70. The molecule has 2 saturated carbocycles. The molecule has 1 aromatic rings. The molecular weight excluding hydrogens is 649 g/mol. The first-order chi connectivity index (χ1) is 21.2. The number of fused-ring (bicyclic) bond motifs is 1. The second kappa shape index (κ2) is 16.4. The number of rotatable bonds is 4. The topological polar surface area (TPSA) is 147 Å². The molecule has 4 fully saturated rings. The Morgan fingerprint density at radius 1 is 0.717 bits per heavy atom. The smallest absolute Gasteiger partial charge is 0.475 e. The lowest BCUT2D eigenvalue weighted by atomic mass is 9.77. The molecule has 2 aliphatic heterocycles. The molecule has 46 heavy (non-hydrogen) atoms. The summed E-state index contributed by atoms with van der Waals surface area (Å²) in [4.78, 5) is 43.5. The predicted octanol–water partition coefficient (Wildman–Crippen LogP) is 4.01. The van der Waals surface area contributed by atoms with Crippen molar-refractivity contribution >= 4 is 23.9 Å². The summed E-state index contributed by atoms with van der Waals surface area (Å²) >= 11 is 0. The normalized spacial score (nSPS) is 23.8. The van der Waals surface area contributed by atoms with E-state index in [1.807, 2.05) is 18.5 Å². The number of anilines is 1. The quantitative estimate of drug-likeness (QED) is 0.396. The van der Waals surface area contributed by atoms with Crippen molar-refractivity contribution in [2.24, 2.45) is 17.8 Å². The lowest BCUT2D eigenvalue weighted by Gasteiger charge is -2.45. The number of hydrogen-bond donors (Lipinski definition) is 3. The van der Waals surface area contributed by atoms with Crippen molar-refractivity contribution in [3.05, 3.63) is 18.5 Å². The van der Waals surface area contributed by atoms with Gasteiger partial charge < -0.3 is 25.1 Å². The fourth-order valence-corrected chi connectivity index (χ4v) is 5.51. The van der Waals surface area contributed by atoms with E-state index in [-0.39, 0.29) is 0 Å². The van der Waals surface area contributed by atoms with Crippen molar-refractivity contribution in [1.82, 2.24) is 19.8 Å². The highest BCUT2D eigenvalue weighted by Crippen LogP contribution is 2.41. The minimum atomic E-state index is -5.08. The highest BCUT2D eigenvalue weighted by Gasteiger charge is 2.44. The molecule has 0 bridgehead atoms. The van der Waals surface area contributed by atoms with E-state index in [1.165, 1.54) is 64.8 Å². The number of aromatic nitrogens is 2. The van der Waals surface area contributed by atoms with Crippen LogP contribution in [0, 0.1) is 17.8 Å². The van der Waals surface area contributed by atoms with Crippen molar-refractivity contribution in [3.63, 3.8) is 0 Å². The van der Waals surface area contributed by atoms with Crippen LogP contribution in [0.25, 0.3) is 0 Å².